The van der Waals surface area contributed by atoms with Gasteiger partial charge in [-0.05, 0) is 54.5 Å². The highest BCUT2D eigenvalue weighted by Gasteiger charge is 2.42. The Morgan fingerprint density at radius 2 is 0.750 bits per heavy atom. The van der Waals surface area contributed by atoms with E-state index in [-0.39, 0.29) is 0 Å². The van der Waals surface area contributed by atoms with Crippen molar-refractivity contribution in [1.82, 2.24) is 4.90 Å². The Labute approximate surface area is 175 Å². The number of rotatable bonds is 20. The molecule has 0 fully saturated rings. The van der Waals surface area contributed by atoms with E-state index in [0.717, 1.165) is 38.1 Å². The molecule has 0 aromatic carbocycles. The summed E-state index contributed by atoms with van der Waals surface area (Å²) in [6.07, 6.45) is 1.08. The molecule has 170 valence electrons. The van der Waals surface area contributed by atoms with Crippen LogP contribution in [0.5, 0.6) is 0 Å². The summed E-state index contributed by atoms with van der Waals surface area (Å²) in [5, 5.41) is 0. The van der Waals surface area contributed by atoms with Gasteiger partial charge in [0, 0.05) is 64.8 Å². The topological polar surface area (TPSA) is 58.6 Å². The molecule has 7 nitrogen and oxygen atoms in total. The minimum Gasteiger partial charge on any atom is -0.374 e. The van der Waals surface area contributed by atoms with Gasteiger partial charge in [0.1, 0.15) is 0 Å². The van der Waals surface area contributed by atoms with Gasteiger partial charge in [-0.1, -0.05) is 6.92 Å². The van der Waals surface area contributed by atoms with E-state index in [1.54, 1.807) is 0 Å². The van der Waals surface area contributed by atoms with Crippen LogP contribution in [0.1, 0.15) is 54.9 Å². The lowest BCUT2D eigenvalue weighted by molar-refractivity contribution is 0.0643. The largest absolute Gasteiger partial charge is 0.502 e. The Morgan fingerprint density at radius 3 is 0.964 bits per heavy atom. The number of hydrogen-bond donors (Lipinski definition) is 0. The second-order valence-electron chi connectivity index (χ2n) is 6.31. The molecule has 0 aromatic rings. The Balaban J connectivity index is 5.06. The fraction of sp³-hybridized carbons (Fsp3) is 1.00. The molecule has 0 aliphatic heterocycles. The number of nitrogens with zero attached hydrogens (tertiary/aromatic N) is 1. The van der Waals surface area contributed by atoms with Gasteiger partial charge in [-0.15, -0.1) is 0 Å². The molecule has 0 unspecified atom stereocenters. The second-order valence-corrected chi connectivity index (χ2v) is 11.8. The van der Waals surface area contributed by atoms with E-state index in [1.165, 1.54) is 0 Å². The quantitative estimate of drug-likeness (QED) is 0.267. The van der Waals surface area contributed by atoms with E-state index < -0.39 is 17.6 Å². The van der Waals surface area contributed by atoms with Crippen molar-refractivity contribution in [1.29, 1.82) is 0 Å². The smallest absolute Gasteiger partial charge is 0.374 e. The van der Waals surface area contributed by atoms with Crippen LogP contribution < -0.4 is 0 Å². The normalized spacial score (nSPS) is 12.9. The van der Waals surface area contributed by atoms with E-state index in [2.05, 4.69) is 11.8 Å². The Hall–Kier alpha value is 0.154. The molecule has 9 heteroatoms. The minimum absolute atomic E-state index is 0.606. The molecule has 0 atom stereocenters. The van der Waals surface area contributed by atoms with Crippen LogP contribution in [-0.4, -0.2) is 81.8 Å². The molecule has 28 heavy (non-hydrogen) atoms. The fourth-order valence-electron chi connectivity index (χ4n) is 3.24. The summed E-state index contributed by atoms with van der Waals surface area (Å²) in [5.74, 6) is 0. The lowest BCUT2D eigenvalue weighted by atomic mass is 10.4. The predicted octanol–water partition coefficient (Wildman–Crippen LogP) is 3.80. The van der Waals surface area contributed by atoms with Crippen molar-refractivity contribution in [2.45, 2.75) is 67.0 Å². The van der Waals surface area contributed by atoms with E-state index in [1.807, 2.05) is 41.5 Å². The predicted molar refractivity (Wildman–Crippen MR) is 118 cm³/mol. The highest BCUT2D eigenvalue weighted by Crippen LogP contribution is 2.20. The van der Waals surface area contributed by atoms with Crippen LogP contribution in [0.25, 0.3) is 0 Å². The van der Waals surface area contributed by atoms with Crippen molar-refractivity contribution in [2.75, 3.05) is 59.3 Å². The zero-order valence-electron chi connectivity index (χ0n) is 19.4. The van der Waals surface area contributed by atoms with Gasteiger partial charge in [0.05, 0.1) is 0 Å². The van der Waals surface area contributed by atoms with Crippen LogP contribution in [0.4, 0.5) is 0 Å². The first-order valence-electron chi connectivity index (χ1n) is 11.1. The lowest BCUT2D eigenvalue weighted by Gasteiger charge is -2.33. The lowest BCUT2D eigenvalue weighted by Crippen LogP contribution is -2.50. The van der Waals surface area contributed by atoms with Crippen LogP contribution >= 0.6 is 0 Å². The molecule has 0 saturated carbocycles. The summed E-state index contributed by atoms with van der Waals surface area (Å²) in [5.41, 5.74) is 0. The molecule has 0 N–H and O–H groups in total. The van der Waals surface area contributed by atoms with E-state index in [0.29, 0.717) is 39.6 Å². The molecule has 0 amide bonds. The van der Waals surface area contributed by atoms with Crippen molar-refractivity contribution in [3.8, 4) is 0 Å². The van der Waals surface area contributed by atoms with Gasteiger partial charge in [-0.2, -0.15) is 0 Å². The van der Waals surface area contributed by atoms with Gasteiger partial charge in [-0.25, -0.2) is 0 Å². The van der Waals surface area contributed by atoms with Crippen LogP contribution in [-0.2, 0) is 26.6 Å². The highest BCUT2D eigenvalue weighted by molar-refractivity contribution is 6.61. The summed E-state index contributed by atoms with van der Waals surface area (Å²) in [6, 6.07) is 1.57. The highest BCUT2D eigenvalue weighted by atomic mass is 28.4. The van der Waals surface area contributed by atoms with Crippen molar-refractivity contribution >= 4 is 17.6 Å². The maximum Gasteiger partial charge on any atom is 0.502 e. The average Bonchev–Trinajstić information content (AvgIpc) is 2.65. The standard InChI is InChI=1S/C19H45NO6Si2/c1-8-15-20(16-18-27(21-9-2,22-10-3)23-11-4)17-19-28(24-12-5,25-13-6)26-14-7/h8-19H2,1-7H3. The summed E-state index contributed by atoms with van der Waals surface area (Å²) >= 11 is 0. The number of hydrogen-bond acceptors (Lipinski definition) is 7. The summed E-state index contributed by atoms with van der Waals surface area (Å²) in [7, 11) is -5.26. The molecule has 0 radical (unpaired) electrons. The first-order valence-corrected chi connectivity index (χ1v) is 14.9. The van der Waals surface area contributed by atoms with Crippen LogP contribution in [0.3, 0.4) is 0 Å². The molecule has 0 aliphatic carbocycles. The molecule has 0 saturated heterocycles. The fourth-order valence-corrected chi connectivity index (χ4v) is 8.43. The zero-order valence-corrected chi connectivity index (χ0v) is 21.4. The maximum absolute atomic E-state index is 6.00. The molecule has 0 rings (SSSR count). The average molecular weight is 440 g/mol. The molecular formula is C19H45NO6Si2. The SMILES string of the molecule is CCCN(CC[Si](OCC)(OCC)OCC)CC[Si](OCC)(OCC)OCC. The zero-order chi connectivity index (χ0) is 21.3. The van der Waals surface area contributed by atoms with E-state index in [9.17, 15) is 0 Å². The molecule has 0 aliphatic rings. The van der Waals surface area contributed by atoms with Crippen molar-refractivity contribution in [2.24, 2.45) is 0 Å². The Bertz CT molecular complexity index is 301. The summed E-state index contributed by atoms with van der Waals surface area (Å²) in [6.45, 7) is 20.6. The monoisotopic (exact) mass is 439 g/mol. The van der Waals surface area contributed by atoms with Crippen molar-refractivity contribution in [3.63, 3.8) is 0 Å². The Kier molecular flexibility index (Phi) is 17.0. The maximum atomic E-state index is 6.00. The molecule has 0 bridgehead atoms. The van der Waals surface area contributed by atoms with Crippen LogP contribution in [0.2, 0.25) is 12.1 Å². The van der Waals surface area contributed by atoms with Crippen molar-refractivity contribution < 1.29 is 26.6 Å². The van der Waals surface area contributed by atoms with Gasteiger partial charge < -0.3 is 31.5 Å². The van der Waals surface area contributed by atoms with Gasteiger partial charge >= 0.3 is 17.6 Å². The molecular weight excluding hydrogens is 394 g/mol. The molecule has 0 aromatic heterocycles. The van der Waals surface area contributed by atoms with Gasteiger partial charge in [0.2, 0.25) is 0 Å². The van der Waals surface area contributed by atoms with E-state index >= 15 is 0 Å². The first-order chi connectivity index (χ1) is 13.5. The van der Waals surface area contributed by atoms with Gasteiger partial charge in [0.25, 0.3) is 0 Å². The van der Waals surface area contributed by atoms with Crippen LogP contribution in [0, 0.1) is 0 Å². The third-order valence-electron chi connectivity index (χ3n) is 4.19. The third-order valence-corrected chi connectivity index (χ3v) is 10.2. The van der Waals surface area contributed by atoms with Crippen molar-refractivity contribution in [3.05, 3.63) is 0 Å². The first kappa shape index (κ1) is 28.2. The summed E-state index contributed by atoms with van der Waals surface area (Å²) in [4.78, 5) is 2.43. The van der Waals surface area contributed by atoms with Crippen LogP contribution in [0.15, 0.2) is 0 Å². The molecule has 0 spiro atoms. The Morgan fingerprint density at radius 1 is 0.464 bits per heavy atom. The van der Waals surface area contributed by atoms with Gasteiger partial charge in [-0.3, -0.25) is 0 Å². The second kappa shape index (κ2) is 16.9. The van der Waals surface area contributed by atoms with Gasteiger partial charge in [0.15, 0.2) is 0 Å². The third kappa shape index (κ3) is 10.8. The minimum atomic E-state index is -2.63. The van der Waals surface area contributed by atoms with E-state index in [4.69, 9.17) is 26.6 Å². The molecule has 0 heterocycles. The summed E-state index contributed by atoms with van der Waals surface area (Å²) < 4.78 is 36.0.